The van der Waals surface area contributed by atoms with Crippen LogP contribution >= 0.6 is 15.9 Å². The summed E-state index contributed by atoms with van der Waals surface area (Å²) in [6, 6.07) is 3.03. The maximum absolute atomic E-state index is 11.0. The van der Waals surface area contributed by atoms with Crippen LogP contribution in [-0.4, -0.2) is 22.0 Å². The first-order chi connectivity index (χ1) is 6.50. The van der Waals surface area contributed by atoms with Crippen LogP contribution in [0.15, 0.2) is 16.6 Å². The molecule has 0 aliphatic heterocycles. The molecule has 0 saturated heterocycles. The Bertz CT molecular complexity index is 392. The zero-order chi connectivity index (χ0) is 10.7. The zero-order valence-electron chi connectivity index (χ0n) is 7.24. The summed E-state index contributed by atoms with van der Waals surface area (Å²) in [6.45, 7) is 1.36. The van der Waals surface area contributed by atoms with E-state index in [0.717, 1.165) is 0 Å². The van der Waals surface area contributed by atoms with E-state index in [1.165, 1.54) is 13.0 Å². The normalized spacial score (nSPS) is 9.57. The molecule has 2 N–H and O–H groups in total. The van der Waals surface area contributed by atoms with Crippen molar-refractivity contribution in [3.05, 3.63) is 22.3 Å². The van der Waals surface area contributed by atoms with Crippen molar-refractivity contribution >= 4 is 33.6 Å². The summed E-state index contributed by atoms with van der Waals surface area (Å²) in [5.74, 6) is -0.100. The third kappa shape index (κ3) is 2.53. The maximum atomic E-state index is 11.0. The van der Waals surface area contributed by atoms with Crippen LogP contribution in [0.5, 0.6) is 0 Å². The summed E-state index contributed by atoms with van der Waals surface area (Å²) in [7, 11) is 0. The van der Waals surface area contributed by atoms with E-state index < -0.39 is 6.09 Å². The van der Waals surface area contributed by atoms with Gasteiger partial charge in [0.05, 0.1) is 0 Å². The molecule has 0 atom stereocenters. The fourth-order valence-electron chi connectivity index (χ4n) is 0.868. The van der Waals surface area contributed by atoms with Gasteiger partial charge in [-0.3, -0.25) is 10.1 Å². The van der Waals surface area contributed by atoms with Gasteiger partial charge in [0.2, 0.25) is 0 Å². The van der Waals surface area contributed by atoms with Crippen LogP contribution in [0.2, 0.25) is 0 Å². The largest absolute Gasteiger partial charge is 0.465 e. The fraction of sp³-hybridized carbons (Fsp3) is 0.125. The van der Waals surface area contributed by atoms with E-state index in [2.05, 4.69) is 26.2 Å². The van der Waals surface area contributed by atoms with Gasteiger partial charge in [0.1, 0.15) is 11.5 Å². The lowest BCUT2D eigenvalue weighted by atomic mass is 10.3. The second-order valence-corrected chi connectivity index (χ2v) is 3.37. The second kappa shape index (κ2) is 4.19. The van der Waals surface area contributed by atoms with Crippen LogP contribution in [-0.2, 0) is 0 Å². The van der Waals surface area contributed by atoms with Crippen LogP contribution < -0.4 is 5.32 Å². The number of hydrogen-bond acceptors (Lipinski definition) is 3. The third-order valence-electron chi connectivity index (χ3n) is 1.41. The molecular formula is C8H7BrN2O3. The Labute approximate surface area is 88.3 Å². The Balaban J connectivity index is 3.06. The topological polar surface area (TPSA) is 79.3 Å². The van der Waals surface area contributed by atoms with Crippen molar-refractivity contribution in [1.29, 1.82) is 0 Å². The molecule has 0 fully saturated rings. The maximum Gasteiger partial charge on any atom is 0.410 e. The van der Waals surface area contributed by atoms with Crippen molar-refractivity contribution in [1.82, 2.24) is 4.98 Å². The number of carbonyl (C=O) groups is 2. The Morgan fingerprint density at radius 1 is 1.50 bits per heavy atom. The lowest BCUT2D eigenvalue weighted by Crippen LogP contribution is -2.10. The first kappa shape index (κ1) is 10.6. The highest BCUT2D eigenvalue weighted by Gasteiger charge is 2.09. The summed E-state index contributed by atoms with van der Waals surface area (Å²) in [6.07, 6.45) is -1.21. The van der Waals surface area contributed by atoms with Crippen molar-refractivity contribution < 1.29 is 14.7 Å². The molecule has 0 saturated carbocycles. The molecule has 1 amide bonds. The number of nitrogens with zero attached hydrogens (tertiary/aromatic N) is 1. The van der Waals surface area contributed by atoms with E-state index in [-0.39, 0.29) is 17.3 Å². The van der Waals surface area contributed by atoms with E-state index >= 15 is 0 Å². The number of aromatic nitrogens is 1. The highest BCUT2D eigenvalue weighted by Crippen LogP contribution is 2.17. The molecule has 0 aromatic carbocycles. The van der Waals surface area contributed by atoms with Gasteiger partial charge in [-0.1, -0.05) is 0 Å². The van der Waals surface area contributed by atoms with E-state index in [4.69, 9.17) is 5.11 Å². The summed E-state index contributed by atoms with van der Waals surface area (Å²) < 4.78 is 0.543. The van der Waals surface area contributed by atoms with E-state index in [9.17, 15) is 9.59 Å². The number of Topliss-reactive ketones (excluding diaryl/α,β-unsaturated/α-hetero) is 1. The van der Waals surface area contributed by atoms with E-state index in [1.54, 1.807) is 6.07 Å². The van der Waals surface area contributed by atoms with Crippen LogP contribution in [0.1, 0.15) is 17.4 Å². The molecule has 5 nitrogen and oxygen atoms in total. The molecule has 1 aromatic rings. The van der Waals surface area contributed by atoms with Crippen molar-refractivity contribution in [2.45, 2.75) is 6.92 Å². The van der Waals surface area contributed by atoms with Gasteiger partial charge in [0.25, 0.3) is 0 Å². The van der Waals surface area contributed by atoms with Gasteiger partial charge in [-0.05, 0) is 28.1 Å². The monoisotopic (exact) mass is 258 g/mol. The standard InChI is InChI=1S/C8H7BrN2O3/c1-4(12)7-5(9)2-3-6(10-7)11-8(13)14/h2-3H,1H3,(H,10,11)(H,13,14). The van der Waals surface area contributed by atoms with Crippen molar-refractivity contribution in [2.24, 2.45) is 0 Å². The number of pyridine rings is 1. The average molecular weight is 259 g/mol. The highest BCUT2D eigenvalue weighted by molar-refractivity contribution is 9.10. The second-order valence-electron chi connectivity index (χ2n) is 2.51. The Kier molecular flexibility index (Phi) is 3.19. The highest BCUT2D eigenvalue weighted by atomic mass is 79.9. The van der Waals surface area contributed by atoms with Crippen molar-refractivity contribution in [3.8, 4) is 0 Å². The van der Waals surface area contributed by atoms with Gasteiger partial charge >= 0.3 is 6.09 Å². The Hall–Kier alpha value is -1.43. The predicted molar refractivity (Wildman–Crippen MR) is 53.6 cm³/mol. The summed E-state index contributed by atoms with van der Waals surface area (Å²) in [5, 5.41) is 10.5. The molecule has 1 heterocycles. The summed E-state index contributed by atoms with van der Waals surface area (Å²) in [4.78, 5) is 25.1. The SMILES string of the molecule is CC(=O)c1nc(NC(=O)O)ccc1Br. The molecule has 14 heavy (non-hydrogen) atoms. The minimum atomic E-state index is -1.21. The van der Waals surface area contributed by atoms with Gasteiger partial charge in [-0.2, -0.15) is 0 Å². The Morgan fingerprint density at radius 2 is 2.14 bits per heavy atom. The molecule has 74 valence electrons. The molecular weight excluding hydrogens is 252 g/mol. The number of rotatable bonds is 2. The number of amides is 1. The van der Waals surface area contributed by atoms with Gasteiger partial charge in [-0.15, -0.1) is 0 Å². The number of carboxylic acid groups (broad SMARTS) is 1. The molecule has 0 radical (unpaired) electrons. The van der Waals surface area contributed by atoms with Gasteiger partial charge in [0.15, 0.2) is 5.78 Å². The summed E-state index contributed by atoms with van der Waals surface area (Å²) in [5.41, 5.74) is 0.205. The van der Waals surface area contributed by atoms with E-state index in [0.29, 0.717) is 4.47 Å². The minimum absolute atomic E-state index is 0.130. The van der Waals surface area contributed by atoms with Crippen LogP contribution in [0, 0.1) is 0 Å². The Morgan fingerprint density at radius 3 is 2.64 bits per heavy atom. The van der Waals surface area contributed by atoms with Crippen molar-refractivity contribution in [2.75, 3.05) is 5.32 Å². The molecule has 1 rings (SSSR count). The van der Waals surface area contributed by atoms with Crippen LogP contribution in [0.4, 0.5) is 10.6 Å². The molecule has 0 aliphatic carbocycles. The molecule has 0 spiro atoms. The number of carbonyl (C=O) groups excluding carboxylic acids is 1. The van der Waals surface area contributed by atoms with E-state index in [1.807, 2.05) is 0 Å². The molecule has 0 unspecified atom stereocenters. The molecule has 1 aromatic heterocycles. The van der Waals surface area contributed by atoms with Crippen LogP contribution in [0.25, 0.3) is 0 Å². The number of halogens is 1. The zero-order valence-corrected chi connectivity index (χ0v) is 8.83. The lowest BCUT2D eigenvalue weighted by Gasteiger charge is -2.03. The first-order valence-electron chi connectivity index (χ1n) is 3.68. The summed E-state index contributed by atoms with van der Waals surface area (Å²) >= 11 is 3.14. The minimum Gasteiger partial charge on any atom is -0.465 e. The molecule has 0 bridgehead atoms. The number of ketones is 1. The van der Waals surface area contributed by atoms with Gasteiger partial charge in [-0.25, -0.2) is 9.78 Å². The third-order valence-corrected chi connectivity index (χ3v) is 2.05. The first-order valence-corrected chi connectivity index (χ1v) is 4.47. The average Bonchev–Trinajstić information content (AvgIpc) is 2.07. The number of hydrogen-bond donors (Lipinski definition) is 2. The molecule has 0 aliphatic rings. The fourth-order valence-corrected chi connectivity index (χ4v) is 1.37. The lowest BCUT2D eigenvalue weighted by molar-refractivity contribution is 0.101. The predicted octanol–water partition coefficient (Wildman–Crippen LogP) is 2.14. The van der Waals surface area contributed by atoms with Crippen molar-refractivity contribution in [3.63, 3.8) is 0 Å². The number of nitrogens with one attached hydrogen (secondary N) is 1. The molecule has 6 heteroatoms. The smallest absolute Gasteiger partial charge is 0.410 e. The van der Waals surface area contributed by atoms with Crippen LogP contribution in [0.3, 0.4) is 0 Å². The quantitative estimate of drug-likeness (QED) is 0.797. The number of anilines is 1. The van der Waals surface area contributed by atoms with Gasteiger partial charge < -0.3 is 5.11 Å². The van der Waals surface area contributed by atoms with Gasteiger partial charge in [0, 0.05) is 11.4 Å².